The summed E-state index contributed by atoms with van der Waals surface area (Å²) in [5.41, 5.74) is -0.217. The predicted octanol–water partition coefficient (Wildman–Crippen LogP) is 3.64. The van der Waals surface area contributed by atoms with Crippen LogP contribution in [0.5, 0.6) is 0 Å². The Labute approximate surface area is 111 Å². The minimum atomic E-state index is -0.921. The Kier molecular flexibility index (Phi) is 4.93. The summed E-state index contributed by atoms with van der Waals surface area (Å²) in [4.78, 5) is 10.4. The van der Waals surface area contributed by atoms with Gasteiger partial charge in [-0.1, -0.05) is 25.4 Å². The average Bonchev–Trinajstić information content (AvgIpc) is 2.22. The average molecular weight is 277 g/mol. The van der Waals surface area contributed by atoms with Gasteiger partial charge in [-0.05, 0) is 24.5 Å². The van der Waals surface area contributed by atoms with Gasteiger partial charge in [0.25, 0.3) is 0 Å². The van der Waals surface area contributed by atoms with Crippen LogP contribution in [0, 0.1) is 5.92 Å². The smallest absolute Gasteiger partial charge is 0.305 e. The molecule has 1 N–H and O–H groups in total. The van der Waals surface area contributed by atoms with Gasteiger partial charge in [-0.2, -0.15) is 0 Å². The molecule has 5 heteroatoms. The summed E-state index contributed by atoms with van der Waals surface area (Å²) in [5, 5.41) is 8.71. The van der Waals surface area contributed by atoms with Gasteiger partial charge < -0.3 is 9.84 Å². The lowest BCUT2D eigenvalue weighted by atomic mass is 9.87. The third kappa shape index (κ3) is 3.82. The van der Waals surface area contributed by atoms with E-state index in [1.165, 1.54) is 0 Å². The number of ether oxygens (including phenoxy) is 1. The lowest BCUT2D eigenvalue weighted by Gasteiger charge is -2.32. The van der Waals surface area contributed by atoms with Crippen LogP contribution in [0.4, 0.5) is 4.39 Å². The van der Waals surface area contributed by atoms with E-state index in [-0.39, 0.29) is 36.2 Å². The van der Waals surface area contributed by atoms with E-state index < -0.39 is 11.6 Å². The van der Waals surface area contributed by atoms with Gasteiger partial charge in [0.2, 0.25) is 0 Å². The summed E-state index contributed by atoms with van der Waals surface area (Å²) in [6, 6.07) is 0. The number of rotatable bonds is 5. The minimum Gasteiger partial charge on any atom is -0.481 e. The molecule has 0 saturated carbocycles. The highest BCUT2D eigenvalue weighted by molar-refractivity contribution is 6.30. The van der Waals surface area contributed by atoms with Crippen molar-refractivity contribution in [2.45, 2.75) is 39.2 Å². The molecule has 1 unspecified atom stereocenters. The van der Waals surface area contributed by atoms with Crippen LogP contribution >= 0.6 is 11.6 Å². The van der Waals surface area contributed by atoms with E-state index in [9.17, 15) is 9.18 Å². The fourth-order valence-corrected chi connectivity index (χ4v) is 2.24. The van der Waals surface area contributed by atoms with E-state index in [0.29, 0.717) is 5.57 Å². The molecule has 0 fully saturated rings. The molecular formula is C13H18ClFO3. The van der Waals surface area contributed by atoms with E-state index in [0.717, 1.165) is 0 Å². The second-order valence-corrected chi connectivity index (χ2v) is 5.41. The Morgan fingerprint density at radius 3 is 2.78 bits per heavy atom. The first-order chi connectivity index (χ1) is 8.25. The van der Waals surface area contributed by atoms with Crippen molar-refractivity contribution in [1.82, 2.24) is 0 Å². The second kappa shape index (κ2) is 5.85. The van der Waals surface area contributed by atoms with Crippen LogP contribution in [0.1, 0.15) is 33.6 Å². The molecule has 0 amide bonds. The van der Waals surface area contributed by atoms with E-state index in [1.807, 2.05) is 13.8 Å². The maximum absolute atomic E-state index is 13.8. The lowest BCUT2D eigenvalue weighted by Crippen LogP contribution is -2.31. The highest BCUT2D eigenvalue weighted by Crippen LogP contribution is 2.39. The van der Waals surface area contributed by atoms with E-state index in [2.05, 4.69) is 0 Å². The van der Waals surface area contributed by atoms with Crippen molar-refractivity contribution in [3.8, 4) is 0 Å². The number of hydrogen-bond donors (Lipinski definition) is 1. The number of carbonyl (C=O) groups is 1. The first-order valence-electron chi connectivity index (χ1n) is 5.88. The van der Waals surface area contributed by atoms with Crippen LogP contribution in [0.2, 0.25) is 0 Å². The van der Waals surface area contributed by atoms with Crippen LogP contribution in [-0.4, -0.2) is 23.3 Å². The van der Waals surface area contributed by atoms with Gasteiger partial charge in [0, 0.05) is 6.42 Å². The van der Waals surface area contributed by atoms with Crippen LogP contribution in [0.25, 0.3) is 0 Å². The first-order valence-corrected chi connectivity index (χ1v) is 6.26. The van der Waals surface area contributed by atoms with Crippen molar-refractivity contribution in [2.24, 2.45) is 5.92 Å². The topological polar surface area (TPSA) is 46.5 Å². The quantitative estimate of drug-likeness (QED) is 0.834. The van der Waals surface area contributed by atoms with E-state index >= 15 is 0 Å². The monoisotopic (exact) mass is 276 g/mol. The molecule has 1 rings (SSSR count). The number of halogens is 2. The molecule has 18 heavy (non-hydrogen) atoms. The zero-order valence-corrected chi connectivity index (χ0v) is 11.6. The van der Waals surface area contributed by atoms with Gasteiger partial charge in [-0.15, -0.1) is 0 Å². The fraction of sp³-hybridized carbons (Fsp3) is 0.615. The molecule has 0 saturated heterocycles. The van der Waals surface area contributed by atoms with Crippen molar-refractivity contribution in [3.63, 3.8) is 0 Å². The lowest BCUT2D eigenvalue weighted by molar-refractivity contribution is -0.139. The highest BCUT2D eigenvalue weighted by atomic mass is 35.5. The Bertz CT molecular complexity index is 401. The normalized spacial score (nSPS) is 24.4. The summed E-state index contributed by atoms with van der Waals surface area (Å²) < 4.78 is 19.4. The standard InChI is InChI=1S/C13H18ClFO3/c1-8(2)9-6-13(3,7-10(14)12(9)15)18-5-4-11(16)17/h6,8H,4-5,7H2,1-3H3,(H,16,17). The molecule has 1 aliphatic carbocycles. The molecule has 102 valence electrons. The van der Waals surface area contributed by atoms with Gasteiger partial charge >= 0.3 is 5.97 Å². The molecule has 0 aromatic heterocycles. The van der Waals surface area contributed by atoms with Gasteiger partial charge in [0.15, 0.2) is 0 Å². The van der Waals surface area contributed by atoms with Crippen LogP contribution < -0.4 is 0 Å². The Balaban J connectivity index is 2.82. The van der Waals surface area contributed by atoms with E-state index in [1.54, 1.807) is 13.0 Å². The zero-order valence-electron chi connectivity index (χ0n) is 10.8. The Hall–Kier alpha value is -0.870. The maximum Gasteiger partial charge on any atom is 0.305 e. The van der Waals surface area contributed by atoms with Crippen molar-refractivity contribution < 1.29 is 19.0 Å². The molecule has 0 aromatic carbocycles. The first kappa shape index (κ1) is 15.2. The highest BCUT2D eigenvalue weighted by Gasteiger charge is 2.32. The van der Waals surface area contributed by atoms with Gasteiger partial charge in [-0.3, -0.25) is 4.79 Å². The number of carboxylic acids is 1. The van der Waals surface area contributed by atoms with Crippen LogP contribution in [-0.2, 0) is 9.53 Å². The summed E-state index contributed by atoms with van der Waals surface area (Å²) in [6.07, 6.45) is 1.86. The molecule has 0 spiro atoms. The Morgan fingerprint density at radius 1 is 1.67 bits per heavy atom. The summed E-state index contributed by atoms with van der Waals surface area (Å²) in [7, 11) is 0. The molecule has 1 atom stereocenters. The molecule has 0 aliphatic heterocycles. The number of allylic oxidation sites excluding steroid dienone is 2. The summed E-state index contributed by atoms with van der Waals surface area (Å²) >= 11 is 5.90. The molecule has 0 radical (unpaired) electrons. The SMILES string of the molecule is CC(C)C1=CC(C)(OCCC(=O)O)CC(Cl)=C1F. The van der Waals surface area contributed by atoms with Crippen LogP contribution in [0.3, 0.4) is 0 Å². The summed E-state index contributed by atoms with van der Waals surface area (Å²) in [6.45, 7) is 5.61. The van der Waals surface area contributed by atoms with Gasteiger partial charge in [0.05, 0.1) is 23.7 Å². The van der Waals surface area contributed by atoms with Crippen molar-refractivity contribution in [2.75, 3.05) is 6.61 Å². The largest absolute Gasteiger partial charge is 0.481 e. The molecule has 1 aliphatic rings. The maximum atomic E-state index is 13.8. The molecule has 0 heterocycles. The third-order valence-corrected chi connectivity index (χ3v) is 3.13. The summed E-state index contributed by atoms with van der Waals surface area (Å²) in [5.74, 6) is -1.30. The van der Waals surface area contributed by atoms with Crippen LogP contribution in [0.15, 0.2) is 22.5 Å². The molecule has 0 bridgehead atoms. The second-order valence-electron chi connectivity index (χ2n) is 4.95. The molecule has 3 nitrogen and oxygen atoms in total. The van der Waals surface area contributed by atoms with Crippen molar-refractivity contribution in [3.05, 3.63) is 22.5 Å². The number of hydrogen-bond acceptors (Lipinski definition) is 2. The van der Waals surface area contributed by atoms with Gasteiger partial charge in [0.1, 0.15) is 5.83 Å². The number of carboxylic acid groups (broad SMARTS) is 1. The number of aliphatic carboxylic acids is 1. The minimum absolute atomic E-state index is 0.00134. The van der Waals surface area contributed by atoms with Gasteiger partial charge in [-0.25, -0.2) is 4.39 Å². The van der Waals surface area contributed by atoms with E-state index in [4.69, 9.17) is 21.4 Å². The van der Waals surface area contributed by atoms with Crippen molar-refractivity contribution >= 4 is 17.6 Å². The molecule has 0 aromatic rings. The van der Waals surface area contributed by atoms with Crippen molar-refractivity contribution in [1.29, 1.82) is 0 Å². The predicted molar refractivity (Wildman–Crippen MR) is 68.1 cm³/mol. The molecular weight excluding hydrogens is 259 g/mol. The third-order valence-electron chi connectivity index (χ3n) is 2.83. The Morgan fingerprint density at radius 2 is 2.28 bits per heavy atom. The zero-order chi connectivity index (χ0) is 13.9. The fourth-order valence-electron chi connectivity index (χ4n) is 1.87.